The molecule has 66 valence electrons. The van der Waals surface area contributed by atoms with Crippen LogP contribution in [0.2, 0.25) is 0 Å². The Labute approximate surface area is 73.0 Å². The predicted octanol–water partition coefficient (Wildman–Crippen LogP) is 1.38. The Morgan fingerprint density at radius 2 is 1.75 bits per heavy atom. The first-order valence-corrected chi connectivity index (χ1v) is 4.11. The maximum Gasteiger partial charge on any atom is 0.0938 e. The SMILES string of the molecule is Cc1ccc(C(O)C(C)N)cc1. The highest BCUT2D eigenvalue weighted by molar-refractivity contribution is 5.23. The molecule has 0 aliphatic carbocycles. The van der Waals surface area contributed by atoms with Gasteiger partial charge in [-0.2, -0.15) is 0 Å². The molecule has 0 saturated carbocycles. The molecule has 2 heteroatoms. The molecule has 0 heterocycles. The quantitative estimate of drug-likeness (QED) is 0.695. The van der Waals surface area contributed by atoms with Crippen LogP contribution in [0.5, 0.6) is 0 Å². The number of aliphatic hydroxyl groups is 1. The van der Waals surface area contributed by atoms with Crippen LogP contribution in [0.15, 0.2) is 24.3 Å². The molecule has 1 rings (SSSR count). The van der Waals surface area contributed by atoms with Gasteiger partial charge in [0.15, 0.2) is 0 Å². The molecule has 0 aromatic heterocycles. The molecule has 0 saturated heterocycles. The number of aryl methyl sites for hydroxylation is 1. The Bertz CT molecular complexity index is 241. The summed E-state index contributed by atoms with van der Waals surface area (Å²) in [6, 6.07) is 7.54. The molecule has 0 aliphatic heterocycles. The van der Waals surface area contributed by atoms with Gasteiger partial charge in [0.05, 0.1) is 6.10 Å². The molecular formula is C10H15NO. The summed E-state index contributed by atoms with van der Waals surface area (Å²) in [6.07, 6.45) is -0.550. The van der Waals surface area contributed by atoms with E-state index in [0.29, 0.717) is 0 Å². The largest absolute Gasteiger partial charge is 0.387 e. The second-order valence-corrected chi connectivity index (χ2v) is 3.21. The average Bonchev–Trinajstić information content (AvgIpc) is 2.04. The van der Waals surface area contributed by atoms with Gasteiger partial charge < -0.3 is 10.8 Å². The van der Waals surface area contributed by atoms with E-state index < -0.39 is 6.10 Å². The molecule has 0 aliphatic rings. The Morgan fingerprint density at radius 3 is 2.17 bits per heavy atom. The first kappa shape index (κ1) is 9.23. The van der Waals surface area contributed by atoms with Crippen molar-refractivity contribution in [1.82, 2.24) is 0 Å². The van der Waals surface area contributed by atoms with Gasteiger partial charge in [0.25, 0.3) is 0 Å². The van der Waals surface area contributed by atoms with Crippen LogP contribution in [0.25, 0.3) is 0 Å². The lowest BCUT2D eigenvalue weighted by Gasteiger charge is -2.14. The lowest BCUT2D eigenvalue weighted by molar-refractivity contribution is 0.153. The smallest absolute Gasteiger partial charge is 0.0938 e. The van der Waals surface area contributed by atoms with Gasteiger partial charge in [-0.15, -0.1) is 0 Å². The number of hydrogen-bond acceptors (Lipinski definition) is 2. The molecule has 1 aromatic carbocycles. The van der Waals surface area contributed by atoms with E-state index in [2.05, 4.69) is 0 Å². The minimum absolute atomic E-state index is 0.215. The van der Waals surface area contributed by atoms with Gasteiger partial charge in [0, 0.05) is 6.04 Å². The van der Waals surface area contributed by atoms with E-state index in [9.17, 15) is 5.11 Å². The lowest BCUT2D eigenvalue weighted by Crippen LogP contribution is -2.24. The van der Waals surface area contributed by atoms with Crippen molar-refractivity contribution in [2.75, 3.05) is 0 Å². The Kier molecular flexibility index (Phi) is 2.84. The third kappa shape index (κ3) is 2.06. The number of aliphatic hydroxyl groups excluding tert-OH is 1. The second kappa shape index (κ2) is 3.70. The van der Waals surface area contributed by atoms with Crippen molar-refractivity contribution in [3.8, 4) is 0 Å². The summed E-state index contributed by atoms with van der Waals surface area (Å²) in [7, 11) is 0. The van der Waals surface area contributed by atoms with Crippen molar-refractivity contribution >= 4 is 0 Å². The zero-order chi connectivity index (χ0) is 9.14. The van der Waals surface area contributed by atoms with E-state index in [4.69, 9.17) is 5.73 Å². The number of hydrogen-bond donors (Lipinski definition) is 2. The molecule has 0 amide bonds. The fourth-order valence-corrected chi connectivity index (χ4v) is 1.07. The molecule has 2 unspecified atom stereocenters. The Hall–Kier alpha value is -0.860. The van der Waals surface area contributed by atoms with Crippen molar-refractivity contribution in [2.45, 2.75) is 26.0 Å². The van der Waals surface area contributed by atoms with Crippen LogP contribution >= 0.6 is 0 Å². The topological polar surface area (TPSA) is 46.2 Å². The molecule has 2 atom stereocenters. The summed E-state index contributed by atoms with van der Waals surface area (Å²) in [4.78, 5) is 0. The fourth-order valence-electron chi connectivity index (χ4n) is 1.07. The number of rotatable bonds is 2. The van der Waals surface area contributed by atoms with Gasteiger partial charge in [-0.05, 0) is 19.4 Å². The minimum Gasteiger partial charge on any atom is -0.387 e. The highest BCUT2D eigenvalue weighted by atomic mass is 16.3. The van der Waals surface area contributed by atoms with Gasteiger partial charge in [0.2, 0.25) is 0 Å². The van der Waals surface area contributed by atoms with E-state index in [0.717, 1.165) is 5.56 Å². The van der Waals surface area contributed by atoms with Crippen LogP contribution in [0, 0.1) is 6.92 Å². The van der Waals surface area contributed by atoms with Crippen molar-refractivity contribution in [3.63, 3.8) is 0 Å². The van der Waals surface area contributed by atoms with Crippen LogP contribution in [-0.2, 0) is 0 Å². The Balaban J connectivity index is 2.82. The molecule has 1 aromatic rings. The maximum absolute atomic E-state index is 9.56. The number of nitrogens with two attached hydrogens (primary N) is 1. The van der Waals surface area contributed by atoms with Crippen molar-refractivity contribution < 1.29 is 5.11 Å². The zero-order valence-corrected chi connectivity index (χ0v) is 7.49. The average molecular weight is 165 g/mol. The van der Waals surface area contributed by atoms with Crippen LogP contribution in [0.3, 0.4) is 0 Å². The fraction of sp³-hybridized carbons (Fsp3) is 0.400. The summed E-state index contributed by atoms with van der Waals surface area (Å²) in [5, 5.41) is 9.56. The van der Waals surface area contributed by atoms with Gasteiger partial charge in [-0.1, -0.05) is 29.8 Å². The standard InChI is InChI=1S/C10H15NO/c1-7-3-5-9(6-4-7)10(12)8(2)11/h3-6,8,10,12H,11H2,1-2H3. The molecule has 12 heavy (non-hydrogen) atoms. The van der Waals surface area contributed by atoms with Gasteiger partial charge in [-0.25, -0.2) is 0 Å². The van der Waals surface area contributed by atoms with E-state index in [-0.39, 0.29) is 6.04 Å². The van der Waals surface area contributed by atoms with E-state index in [1.165, 1.54) is 5.56 Å². The maximum atomic E-state index is 9.56. The van der Waals surface area contributed by atoms with Crippen LogP contribution in [0.1, 0.15) is 24.2 Å². The number of benzene rings is 1. The van der Waals surface area contributed by atoms with Gasteiger partial charge >= 0.3 is 0 Å². The van der Waals surface area contributed by atoms with Crippen LogP contribution in [-0.4, -0.2) is 11.1 Å². The second-order valence-electron chi connectivity index (χ2n) is 3.21. The summed E-state index contributed by atoms with van der Waals surface area (Å²) in [5.41, 5.74) is 7.63. The Morgan fingerprint density at radius 1 is 1.25 bits per heavy atom. The van der Waals surface area contributed by atoms with Crippen LogP contribution < -0.4 is 5.73 Å². The first-order chi connectivity index (χ1) is 5.61. The molecule has 0 spiro atoms. The van der Waals surface area contributed by atoms with E-state index in [1.807, 2.05) is 31.2 Å². The van der Waals surface area contributed by atoms with Gasteiger partial charge in [-0.3, -0.25) is 0 Å². The van der Waals surface area contributed by atoms with Crippen LogP contribution in [0.4, 0.5) is 0 Å². The summed E-state index contributed by atoms with van der Waals surface area (Å²) < 4.78 is 0. The molecule has 0 fully saturated rings. The van der Waals surface area contributed by atoms with E-state index >= 15 is 0 Å². The molecule has 3 N–H and O–H groups in total. The van der Waals surface area contributed by atoms with E-state index in [1.54, 1.807) is 6.92 Å². The summed E-state index contributed by atoms with van der Waals surface area (Å²) >= 11 is 0. The molecule has 0 radical (unpaired) electrons. The van der Waals surface area contributed by atoms with Crippen molar-refractivity contribution in [1.29, 1.82) is 0 Å². The molecule has 0 bridgehead atoms. The summed E-state index contributed by atoms with van der Waals surface area (Å²) in [6.45, 7) is 3.81. The van der Waals surface area contributed by atoms with Gasteiger partial charge in [0.1, 0.15) is 0 Å². The summed E-state index contributed by atoms with van der Waals surface area (Å²) in [5.74, 6) is 0. The lowest BCUT2D eigenvalue weighted by atomic mass is 10.0. The molecular weight excluding hydrogens is 150 g/mol. The third-order valence-electron chi connectivity index (χ3n) is 1.92. The highest BCUT2D eigenvalue weighted by Crippen LogP contribution is 2.15. The van der Waals surface area contributed by atoms with Crippen molar-refractivity contribution in [2.24, 2.45) is 5.73 Å². The highest BCUT2D eigenvalue weighted by Gasteiger charge is 2.10. The normalized spacial score (nSPS) is 15.7. The zero-order valence-electron chi connectivity index (χ0n) is 7.49. The minimum atomic E-state index is -0.550. The third-order valence-corrected chi connectivity index (χ3v) is 1.92. The van der Waals surface area contributed by atoms with Crippen molar-refractivity contribution in [3.05, 3.63) is 35.4 Å². The first-order valence-electron chi connectivity index (χ1n) is 4.11. The molecule has 2 nitrogen and oxygen atoms in total. The monoisotopic (exact) mass is 165 g/mol. The predicted molar refractivity (Wildman–Crippen MR) is 49.8 cm³/mol.